The summed E-state index contributed by atoms with van der Waals surface area (Å²) in [6.07, 6.45) is -4.37. The first-order valence-electron chi connectivity index (χ1n) is 8.17. The van der Waals surface area contributed by atoms with Crippen LogP contribution in [0.25, 0.3) is 11.4 Å². The molecule has 1 aromatic heterocycles. The Hall–Kier alpha value is -2.84. The van der Waals surface area contributed by atoms with Gasteiger partial charge in [0, 0.05) is 23.2 Å². The summed E-state index contributed by atoms with van der Waals surface area (Å²) in [5.74, 6) is -1.36. The molecule has 0 bridgehead atoms. The number of halogens is 3. The summed E-state index contributed by atoms with van der Waals surface area (Å²) in [4.78, 5) is 30.1. The van der Waals surface area contributed by atoms with Crippen LogP contribution >= 0.6 is 0 Å². The third-order valence-electron chi connectivity index (χ3n) is 3.98. The number of aromatic amines is 1. The third-order valence-corrected chi connectivity index (χ3v) is 3.98. The highest BCUT2D eigenvalue weighted by Gasteiger charge is 2.31. The second-order valence-corrected chi connectivity index (χ2v) is 6.87. The summed E-state index contributed by atoms with van der Waals surface area (Å²) in [5, 5.41) is 11.5. The summed E-state index contributed by atoms with van der Waals surface area (Å²) in [6, 6.07) is 4.64. The van der Waals surface area contributed by atoms with Crippen LogP contribution in [0.1, 0.15) is 48.4 Å². The molecule has 0 radical (unpaired) electrons. The summed E-state index contributed by atoms with van der Waals surface area (Å²) in [5.41, 5.74) is -0.941. The molecule has 0 saturated heterocycles. The number of hydrogen-bond donors (Lipinski definition) is 3. The molecule has 1 aromatic carbocycles. The zero-order valence-electron chi connectivity index (χ0n) is 15.1. The first-order valence-corrected chi connectivity index (χ1v) is 8.17. The molecule has 0 atom stereocenters. The van der Waals surface area contributed by atoms with Gasteiger partial charge in [0.25, 0.3) is 5.91 Å². The Bertz CT molecular complexity index is 857. The number of hydrogen-bond acceptors (Lipinski definition) is 3. The van der Waals surface area contributed by atoms with E-state index in [0.717, 1.165) is 12.1 Å². The highest BCUT2D eigenvalue weighted by atomic mass is 19.4. The van der Waals surface area contributed by atoms with Gasteiger partial charge in [0.2, 0.25) is 0 Å². The van der Waals surface area contributed by atoms with Crippen molar-refractivity contribution in [3.63, 3.8) is 0 Å². The van der Waals surface area contributed by atoms with Crippen LogP contribution in [0.15, 0.2) is 24.3 Å². The summed E-state index contributed by atoms with van der Waals surface area (Å²) < 4.78 is 38.6. The first kappa shape index (κ1) is 20.5. The second kappa shape index (κ2) is 7.42. The van der Waals surface area contributed by atoms with Gasteiger partial charge in [-0.3, -0.25) is 9.59 Å². The Morgan fingerprint density at radius 2 is 1.93 bits per heavy atom. The van der Waals surface area contributed by atoms with E-state index in [4.69, 9.17) is 5.11 Å². The SMILES string of the molecule is Cc1[nH]c(-c2cccc(C(F)(F)F)c2)nc1C(=O)NC(C)(C)CCC(=O)O. The average molecular weight is 383 g/mol. The minimum atomic E-state index is -4.48. The number of aryl methyl sites for hydroxylation is 1. The molecule has 9 heteroatoms. The molecule has 2 aromatic rings. The third kappa shape index (κ3) is 5.32. The van der Waals surface area contributed by atoms with Crippen molar-refractivity contribution in [2.45, 2.75) is 45.3 Å². The van der Waals surface area contributed by atoms with Crippen LogP contribution in [0.2, 0.25) is 0 Å². The van der Waals surface area contributed by atoms with E-state index in [-0.39, 0.29) is 29.9 Å². The number of nitrogens with zero attached hydrogens (tertiary/aromatic N) is 1. The first-order chi connectivity index (χ1) is 12.4. The van der Waals surface area contributed by atoms with Gasteiger partial charge in [0.15, 0.2) is 0 Å². The van der Waals surface area contributed by atoms with E-state index in [9.17, 15) is 22.8 Å². The van der Waals surface area contributed by atoms with E-state index in [2.05, 4.69) is 15.3 Å². The lowest BCUT2D eigenvalue weighted by molar-refractivity contribution is -0.138. The quantitative estimate of drug-likeness (QED) is 0.708. The molecule has 0 aliphatic carbocycles. The predicted molar refractivity (Wildman–Crippen MR) is 92.2 cm³/mol. The molecule has 0 spiro atoms. The fourth-order valence-electron chi connectivity index (χ4n) is 2.51. The molecule has 1 amide bonds. The zero-order chi connectivity index (χ0) is 20.4. The van der Waals surface area contributed by atoms with Crippen molar-refractivity contribution in [2.75, 3.05) is 0 Å². The van der Waals surface area contributed by atoms with Gasteiger partial charge in [-0.05, 0) is 39.3 Å². The molecule has 0 aliphatic heterocycles. The Balaban J connectivity index is 2.23. The van der Waals surface area contributed by atoms with E-state index in [0.29, 0.717) is 5.69 Å². The van der Waals surface area contributed by atoms with Crippen molar-refractivity contribution in [3.05, 3.63) is 41.2 Å². The molecule has 6 nitrogen and oxygen atoms in total. The number of nitrogens with one attached hydrogen (secondary N) is 2. The number of carbonyl (C=O) groups excluding carboxylic acids is 1. The number of aliphatic carboxylic acids is 1. The summed E-state index contributed by atoms with van der Waals surface area (Å²) in [7, 11) is 0. The van der Waals surface area contributed by atoms with Gasteiger partial charge in [0.1, 0.15) is 11.5 Å². The van der Waals surface area contributed by atoms with Gasteiger partial charge in [-0.25, -0.2) is 4.98 Å². The van der Waals surface area contributed by atoms with Gasteiger partial charge in [0.05, 0.1) is 5.56 Å². The van der Waals surface area contributed by atoms with Crippen molar-refractivity contribution in [3.8, 4) is 11.4 Å². The van der Waals surface area contributed by atoms with Crippen molar-refractivity contribution in [1.29, 1.82) is 0 Å². The Kier molecular flexibility index (Phi) is 5.62. The van der Waals surface area contributed by atoms with Crippen LogP contribution in [0.5, 0.6) is 0 Å². The van der Waals surface area contributed by atoms with Crippen molar-refractivity contribution < 1.29 is 27.9 Å². The predicted octanol–water partition coefficient (Wildman–Crippen LogP) is 3.78. The van der Waals surface area contributed by atoms with Gasteiger partial charge in [-0.15, -0.1) is 0 Å². The number of H-pyrrole nitrogens is 1. The Morgan fingerprint density at radius 1 is 1.26 bits per heavy atom. The number of aromatic nitrogens is 2. The minimum absolute atomic E-state index is 0.0470. The number of carboxylic acid groups (broad SMARTS) is 1. The Labute approximate surface area is 153 Å². The zero-order valence-corrected chi connectivity index (χ0v) is 15.1. The maximum Gasteiger partial charge on any atom is 0.416 e. The maximum absolute atomic E-state index is 12.9. The van der Waals surface area contributed by atoms with Crippen LogP contribution in [0.3, 0.4) is 0 Å². The van der Waals surface area contributed by atoms with E-state index < -0.39 is 29.2 Å². The number of carbonyl (C=O) groups is 2. The lowest BCUT2D eigenvalue weighted by atomic mass is 9.98. The molecule has 0 fully saturated rings. The average Bonchev–Trinajstić information content (AvgIpc) is 2.94. The molecule has 2 rings (SSSR count). The van der Waals surface area contributed by atoms with E-state index in [1.165, 1.54) is 12.1 Å². The van der Waals surface area contributed by atoms with Crippen LogP contribution in [-0.2, 0) is 11.0 Å². The van der Waals surface area contributed by atoms with Crippen LogP contribution in [0.4, 0.5) is 13.2 Å². The van der Waals surface area contributed by atoms with Crippen molar-refractivity contribution >= 4 is 11.9 Å². The van der Waals surface area contributed by atoms with Gasteiger partial charge >= 0.3 is 12.1 Å². The smallest absolute Gasteiger partial charge is 0.416 e. The molecule has 0 aliphatic rings. The molecular formula is C18H20F3N3O3. The van der Waals surface area contributed by atoms with Crippen molar-refractivity contribution in [1.82, 2.24) is 15.3 Å². The second-order valence-electron chi connectivity index (χ2n) is 6.87. The number of amides is 1. The fraction of sp³-hybridized carbons (Fsp3) is 0.389. The normalized spacial score (nSPS) is 12.1. The fourth-order valence-corrected chi connectivity index (χ4v) is 2.51. The number of alkyl halides is 3. The van der Waals surface area contributed by atoms with Gasteiger partial charge in [-0.1, -0.05) is 12.1 Å². The van der Waals surface area contributed by atoms with Crippen LogP contribution in [-0.4, -0.2) is 32.5 Å². The largest absolute Gasteiger partial charge is 0.481 e. The molecule has 27 heavy (non-hydrogen) atoms. The maximum atomic E-state index is 12.9. The number of imidazole rings is 1. The summed E-state index contributed by atoms with van der Waals surface area (Å²) >= 11 is 0. The lowest BCUT2D eigenvalue weighted by Crippen LogP contribution is -2.44. The monoisotopic (exact) mass is 383 g/mol. The van der Waals surface area contributed by atoms with E-state index >= 15 is 0 Å². The number of benzene rings is 1. The molecular weight excluding hydrogens is 363 g/mol. The Morgan fingerprint density at radius 3 is 2.52 bits per heavy atom. The highest BCUT2D eigenvalue weighted by Crippen LogP contribution is 2.31. The number of rotatable bonds is 6. The lowest BCUT2D eigenvalue weighted by Gasteiger charge is -2.25. The van der Waals surface area contributed by atoms with Crippen LogP contribution < -0.4 is 5.32 Å². The van der Waals surface area contributed by atoms with Gasteiger partial charge in [-0.2, -0.15) is 13.2 Å². The van der Waals surface area contributed by atoms with Gasteiger partial charge < -0.3 is 15.4 Å². The van der Waals surface area contributed by atoms with E-state index in [1.54, 1.807) is 20.8 Å². The molecule has 0 saturated carbocycles. The van der Waals surface area contributed by atoms with E-state index in [1.807, 2.05) is 0 Å². The molecule has 3 N–H and O–H groups in total. The summed E-state index contributed by atoms with van der Waals surface area (Å²) in [6.45, 7) is 4.95. The van der Waals surface area contributed by atoms with Crippen molar-refractivity contribution in [2.24, 2.45) is 0 Å². The topological polar surface area (TPSA) is 95.1 Å². The highest BCUT2D eigenvalue weighted by molar-refractivity contribution is 5.94. The molecule has 1 heterocycles. The molecule has 0 unspecified atom stereocenters. The van der Waals surface area contributed by atoms with Crippen LogP contribution in [0, 0.1) is 6.92 Å². The number of carboxylic acids is 1. The molecule has 146 valence electrons. The minimum Gasteiger partial charge on any atom is -0.481 e. The standard InChI is InChI=1S/C18H20F3N3O3/c1-10-14(16(27)24-17(2,3)8-7-13(25)26)23-15(22-10)11-5-4-6-12(9-11)18(19,20)21/h4-6,9H,7-8H2,1-3H3,(H,22,23)(H,24,27)(H,25,26).